The Morgan fingerprint density at radius 2 is 1.76 bits per heavy atom. The molecule has 25 heavy (non-hydrogen) atoms. The molecule has 0 radical (unpaired) electrons. The van der Waals surface area contributed by atoms with E-state index in [1.165, 1.54) is 24.0 Å². The Labute approximate surface area is 151 Å². The van der Waals surface area contributed by atoms with Gasteiger partial charge in [0, 0.05) is 19.3 Å². The predicted molar refractivity (Wildman–Crippen MR) is 97.5 cm³/mol. The maximum absolute atomic E-state index is 11.9. The lowest BCUT2D eigenvalue weighted by molar-refractivity contribution is -0.140. The van der Waals surface area contributed by atoms with Gasteiger partial charge in [0.2, 0.25) is 11.0 Å². The number of aromatic nitrogens is 2. The second kappa shape index (κ2) is 10.6. The van der Waals surface area contributed by atoms with Crippen molar-refractivity contribution in [3.63, 3.8) is 0 Å². The van der Waals surface area contributed by atoms with Crippen LogP contribution in [-0.4, -0.2) is 29.2 Å². The third-order valence-electron chi connectivity index (χ3n) is 3.67. The Kier molecular flexibility index (Phi) is 8.04. The van der Waals surface area contributed by atoms with Gasteiger partial charge in [0.1, 0.15) is 5.01 Å². The number of benzene rings is 1. The average Bonchev–Trinajstić information content (AvgIpc) is 3.05. The molecule has 1 aromatic heterocycles. The van der Waals surface area contributed by atoms with Gasteiger partial charge in [0.15, 0.2) is 0 Å². The molecule has 0 aliphatic carbocycles. The normalized spacial score (nSPS) is 10.4. The van der Waals surface area contributed by atoms with Crippen LogP contribution in [-0.2, 0) is 20.7 Å². The first-order valence-corrected chi connectivity index (χ1v) is 9.22. The molecule has 1 amide bonds. The van der Waals surface area contributed by atoms with E-state index >= 15 is 0 Å². The van der Waals surface area contributed by atoms with Crippen molar-refractivity contribution in [1.29, 1.82) is 0 Å². The Balaban J connectivity index is 1.63. The van der Waals surface area contributed by atoms with Crippen molar-refractivity contribution in [2.24, 2.45) is 0 Å². The molecule has 0 unspecified atom stereocenters. The Morgan fingerprint density at radius 3 is 2.48 bits per heavy atom. The molecule has 0 aliphatic rings. The highest BCUT2D eigenvalue weighted by molar-refractivity contribution is 7.15. The van der Waals surface area contributed by atoms with Crippen LogP contribution in [0.4, 0.5) is 5.13 Å². The number of rotatable bonds is 10. The van der Waals surface area contributed by atoms with E-state index in [0.29, 0.717) is 24.4 Å². The molecular weight excluding hydrogens is 338 g/mol. The van der Waals surface area contributed by atoms with Crippen molar-refractivity contribution in [3.8, 4) is 0 Å². The van der Waals surface area contributed by atoms with Crippen LogP contribution in [0.1, 0.15) is 49.1 Å². The third kappa shape index (κ3) is 7.43. The molecule has 0 spiro atoms. The first-order valence-electron chi connectivity index (χ1n) is 8.40. The number of unbranched alkanes of at least 4 members (excludes halogenated alkanes) is 3. The molecule has 0 fully saturated rings. The molecule has 0 atom stereocenters. The average molecular weight is 361 g/mol. The molecule has 6 nitrogen and oxygen atoms in total. The molecule has 1 heterocycles. The fourth-order valence-electron chi connectivity index (χ4n) is 2.34. The Bertz CT molecular complexity index is 673. The van der Waals surface area contributed by atoms with Gasteiger partial charge in [-0.2, -0.15) is 0 Å². The van der Waals surface area contributed by atoms with Gasteiger partial charge in [-0.3, -0.25) is 9.59 Å². The monoisotopic (exact) mass is 361 g/mol. The summed E-state index contributed by atoms with van der Waals surface area (Å²) in [5.41, 5.74) is 1.17. The van der Waals surface area contributed by atoms with E-state index in [2.05, 4.69) is 20.3 Å². The van der Waals surface area contributed by atoms with Crippen LogP contribution in [0.15, 0.2) is 30.3 Å². The van der Waals surface area contributed by atoms with Crippen molar-refractivity contribution in [2.75, 3.05) is 12.4 Å². The summed E-state index contributed by atoms with van der Waals surface area (Å²) in [6.45, 7) is 0. The summed E-state index contributed by atoms with van der Waals surface area (Å²) in [7, 11) is 1.39. The number of carbonyl (C=O) groups is 2. The maximum atomic E-state index is 11.9. The van der Waals surface area contributed by atoms with Crippen molar-refractivity contribution >= 4 is 28.3 Å². The van der Waals surface area contributed by atoms with Crippen LogP contribution in [0.3, 0.4) is 0 Å². The number of carbonyl (C=O) groups excluding carboxylic acids is 2. The van der Waals surface area contributed by atoms with Gasteiger partial charge in [-0.15, -0.1) is 10.2 Å². The minimum absolute atomic E-state index is 0.0459. The van der Waals surface area contributed by atoms with Crippen LogP contribution < -0.4 is 5.32 Å². The zero-order valence-corrected chi connectivity index (χ0v) is 15.2. The molecule has 0 bridgehead atoms. The molecule has 2 aromatic rings. The molecule has 134 valence electrons. The van der Waals surface area contributed by atoms with Crippen molar-refractivity contribution < 1.29 is 14.3 Å². The fraction of sp³-hybridized carbons (Fsp3) is 0.444. The minimum atomic E-state index is -0.180. The van der Waals surface area contributed by atoms with Crippen LogP contribution in [0, 0.1) is 0 Å². The summed E-state index contributed by atoms with van der Waals surface area (Å²) >= 11 is 1.40. The number of amides is 1. The van der Waals surface area contributed by atoms with Crippen LogP contribution in [0.25, 0.3) is 0 Å². The van der Waals surface area contributed by atoms with E-state index in [-0.39, 0.29) is 11.9 Å². The summed E-state index contributed by atoms with van der Waals surface area (Å²) in [6, 6.07) is 10.0. The summed E-state index contributed by atoms with van der Waals surface area (Å²) < 4.78 is 4.59. The van der Waals surface area contributed by atoms with Gasteiger partial charge < -0.3 is 10.1 Å². The number of anilines is 1. The molecule has 0 aliphatic heterocycles. The second-order valence-corrected chi connectivity index (χ2v) is 6.76. The molecule has 2 rings (SSSR count). The Hall–Kier alpha value is -2.28. The highest BCUT2D eigenvalue weighted by Crippen LogP contribution is 2.19. The third-order valence-corrected chi connectivity index (χ3v) is 4.51. The topological polar surface area (TPSA) is 81.2 Å². The smallest absolute Gasteiger partial charge is 0.305 e. The molecule has 7 heteroatoms. The summed E-state index contributed by atoms with van der Waals surface area (Å²) in [4.78, 5) is 22.9. The fourth-order valence-corrected chi connectivity index (χ4v) is 3.13. The number of methoxy groups -OCH3 is 1. The maximum Gasteiger partial charge on any atom is 0.305 e. The molecular formula is C18H23N3O3S. The highest BCUT2D eigenvalue weighted by Gasteiger charge is 2.09. The molecule has 1 aromatic carbocycles. The molecule has 0 saturated carbocycles. The predicted octanol–water partition coefficient (Wildman–Crippen LogP) is 3.58. The van der Waals surface area contributed by atoms with Crippen molar-refractivity contribution in [2.45, 2.75) is 44.9 Å². The van der Waals surface area contributed by atoms with Gasteiger partial charge in [-0.1, -0.05) is 54.5 Å². The quantitative estimate of drug-likeness (QED) is 0.517. The number of hydrogen-bond donors (Lipinski definition) is 1. The lowest BCUT2D eigenvalue weighted by Gasteiger charge is -2.02. The lowest BCUT2D eigenvalue weighted by atomic mass is 10.1. The number of nitrogens with one attached hydrogen (secondary N) is 1. The van der Waals surface area contributed by atoms with E-state index in [1.54, 1.807) is 0 Å². The second-order valence-electron chi connectivity index (χ2n) is 5.70. The summed E-state index contributed by atoms with van der Waals surface area (Å²) in [5, 5.41) is 12.4. The SMILES string of the molecule is COC(=O)CCCCCCC(=O)Nc1nnc(Cc2ccccc2)s1. The first-order chi connectivity index (χ1) is 12.2. The lowest BCUT2D eigenvalue weighted by Crippen LogP contribution is -2.10. The zero-order chi connectivity index (χ0) is 17.9. The van der Waals surface area contributed by atoms with E-state index in [9.17, 15) is 9.59 Å². The van der Waals surface area contributed by atoms with Crippen molar-refractivity contribution in [1.82, 2.24) is 10.2 Å². The van der Waals surface area contributed by atoms with Crippen LogP contribution in [0.5, 0.6) is 0 Å². The highest BCUT2D eigenvalue weighted by atomic mass is 32.1. The molecule has 0 saturated heterocycles. The standard InChI is InChI=1S/C18H23N3O3S/c1-24-17(23)12-8-3-2-7-11-15(22)19-18-21-20-16(25-18)13-14-9-5-4-6-10-14/h4-6,9-10H,2-3,7-8,11-13H2,1H3,(H,19,21,22). The van der Waals surface area contributed by atoms with Gasteiger partial charge >= 0.3 is 5.97 Å². The van der Waals surface area contributed by atoms with Crippen molar-refractivity contribution in [3.05, 3.63) is 40.9 Å². The van der Waals surface area contributed by atoms with E-state index in [0.717, 1.165) is 30.7 Å². The van der Waals surface area contributed by atoms with Gasteiger partial charge in [0.25, 0.3) is 0 Å². The van der Waals surface area contributed by atoms with Gasteiger partial charge in [-0.25, -0.2) is 0 Å². The molecule has 1 N–H and O–H groups in total. The van der Waals surface area contributed by atoms with E-state index in [4.69, 9.17) is 0 Å². The van der Waals surface area contributed by atoms with E-state index in [1.807, 2.05) is 30.3 Å². The summed E-state index contributed by atoms with van der Waals surface area (Å²) in [5.74, 6) is -0.226. The number of ether oxygens (including phenoxy) is 1. The number of nitrogens with zero attached hydrogens (tertiary/aromatic N) is 2. The number of hydrogen-bond acceptors (Lipinski definition) is 6. The van der Waals surface area contributed by atoms with Gasteiger partial charge in [-0.05, 0) is 18.4 Å². The minimum Gasteiger partial charge on any atom is -0.469 e. The first kappa shape index (κ1) is 19.1. The summed E-state index contributed by atoms with van der Waals surface area (Å²) in [6.07, 6.45) is 5.04. The zero-order valence-electron chi connectivity index (χ0n) is 14.4. The Morgan fingerprint density at radius 1 is 1.04 bits per heavy atom. The van der Waals surface area contributed by atoms with Crippen LogP contribution >= 0.6 is 11.3 Å². The van der Waals surface area contributed by atoms with Gasteiger partial charge in [0.05, 0.1) is 7.11 Å². The largest absolute Gasteiger partial charge is 0.469 e. The van der Waals surface area contributed by atoms with Crippen LogP contribution in [0.2, 0.25) is 0 Å². The number of esters is 1. The van der Waals surface area contributed by atoms with E-state index < -0.39 is 0 Å².